The molecular weight excluding hydrogens is 356 g/mol. The lowest BCUT2D eigenvalue weighted by atomic mass is 10.3. The Balaban J connectivity index is 1.84. The molecule has 2 heterocycles. The van der Waals surface area contributed by atoms with E-state index < -0.39 is 9.85 Å². The Morgan fingerprint density at radius 3 is 1.64 bits per heavy atom. The van der Waals surface area contributed by atoms with Gasteiger partial charge in [-0.15, -0.1) is 10.2 Å². The fraction of sp³-hybridized carbons (Fsp3) is 0. The number of hydrogen-bond acceptors (Lipinski definition) is 11. The monoisotopic (exact) mass is 360 g/mol. The predicted molar refractivity (Wildman–Crippen MR) is 81.0 cm³/mol. The molecule has 0 saturated heterocycles. The van der Waals surface area contributed by atoms with Crippen molar-refractivity contribution in [3.05, 3.63) is 44.5 Å². The van der Waals surface area contributed by atoms with Crippen molar-refractivity contribution < 1.29 is 18.9 Å². The lowest BCUT2D eigenvalue weighted by Gasteiger charge is -2.02. The lowest BCUT2D eigenvalue weighted by molar-refractivity contribution is -0.383. The molecule has 0 aliphatic heterocycles. The van der Waals surface area contributed by atoms with E-state index in [1.54, 1.807) is 0 Å². The SMILES string of the molecule is O=[N+]([O-])c1ccc(Sc2ccc([N+](=O)[O-])c3onnc23)c2nnoc12. The normalized spacial score (nSPS) is 11.2. The average molecular weight is 360 g/mol. The van der Waals surface area contributed by atoms with Crippen LogP contribution in [0.2, 0.25) is 0 Å². The van der Waals surface area contributed by atoms with Gasteiger partial charge in [-0.3, -0.25) is 20.2 Å². The van der Waals surface area contributed by atoms with Gasteiger partial charge in [-0.2, -0.15) is 0 Å². The van der Waals surface area contributed by atoms with Crippen LogP contribution in [0.4, 0.5) is 11.4 Å². The summed E-state index contributed by atoms with van der Waals surface area (Å²) in [7, 11) is 0. The first-order chi connectivity index (χ1) is 12.1. The number of fused-ring (bicyclic) bond motifs is 2. The summed E-state index contributed by atoms with van der Waals surface area (Å²) in [6, 6.07) is 5.49. The van der Waals surface area contributed by atoms with Crippen molar-refractivity contribution in [1.82, 2.24) is 20.7 Å². The highest BCUT2D eigenvalue weighted by molar-refractivity contribution is 7.99. The molecule has 0 unspecified atom stereocenters. The van der Waals surface area contributed by atoms with Crippen LogP contribution in [0.5, 0.6) is 0 Å². The van der Waals surface area contributed by atoms with Crippen LogP contribution in [0.3, 0.4) is 0 Å². The summed E-state index contributed by atoms with van der Waals surface area (Å²) >= 11 is 1.13. The number of rotatable bonds is 4. The second kappa shape index (κ2) is 5.48. The summed E-state index contributed by atoms with van der Waals surface area (Å²) in [5.74, 6) is 0. The molecular formula is C12H4N6O6S. The molecule has 0 saturated carbocycles. The first-order valence-electron chi connectivity index (χ1n) is 6.53. The molecule has 0 aliphatic rings. The van der Waals surface area contributed by atoms with E-state index in [1.165, 1.54) is 24.3 Å². The largest absolute Gasteiger partial charge is 0.329 e. The lowest BCUT2D eigenvalue weighted by Crippen LogP contribution is -1.90. The maximum absolute atomic E-state index is 11.0. The van der Waals surface area contributed by atoms with Crippen LogP contribution in [0.25, 0.3) is 22.2 Å². The molecule has 0 spiro atoms. The minimum atomic E-state index is -0.602. The van der Waals surface area contributed by atoms with Crippen LogP contribution in [-0.2, 0) is 0 Å². The van der Waals surface area contributed by atoms with Crippen molar-refractivity contribution in [1.29, 1.82) is 0 Å². The molecule has 0 atom stereocenters. The molecule has 0 aliphatic carbocycles. The summed E-state index contributed by atoms with van der Waals surface area (Å²) in [4.78, 5) is 21.8. The third kappa shape index (κ3) is 2.33. The first-order valence-corrected chi connectivity index (χ1v) is 7.34. The average Bonchev–Trinajstić information content (AvgIpc) is 3.24. The maximum atomic E-state index is 11.0. The molecule has 0 bridgehead atoms. The first kappa shape index (κ1) is 14.9. The Morgan fingerprint density at radius 2 is 1.24 bits per heavy atom. The van der Waals surface area contributed by atoms with Gasteiger partial charge >= 0.3 is 11.4 Å². The number of benzene rings is 2. The Labute approximate surface area is 140 Å². The Hall–Kier alpha value is -3.61. The van der Waals surface area contributed by atoms with Crippen LogP contribution in [0, 0.1) is 20.2 Å². The molecule has 4 rings (SSSR count). The van der Waals surface area contributed by atoms with E-state index in [1.807, 2.05) is 0 Å². The quantitative estimate of drug-likeness (QED) is 0.388. The molecule has 12 nitrogen and oxygen atoms in total. The number of nitro benzene ring substituents is 2. The van der Waals surface area contributed by atoms with Crippen molar-refractivity contribution in [2.24, 2.45) is 0 Å². The third-order valence-corrected chi connectivity index (χ3v) is 4.41. The van der Waals surface area contributed by atoms with Crippen molar-refractivity contribution in [3.8, 4) is 0 Å². The zero-order valence-electron chi connectivity index (χ0n) is 11.9. The molecule has 0 amide bonds. The van der Waals surface area contributed by atoms with E-state index in [9.17, 15) is 20.2 Å². The summed E-state index contributed by atoms with van der Waals surface area (Å²) in [6.45, 7) is 0. The van der Waals surface area contributed by atoms with Gasteiger partial charge in [0.1, 0.15) is 0 Å². The van der Waals surface area contributed by atoms with E-state index in [-0.39, 0.29) is 33.6 Å². The van der Waals surface area contributed by atoms with Gasteiger partial charge in [-0.25, -0.2) is 0 Å². The Kier molecular flexibility index (Phi) is 3.28. The maximum Gasteiger partial charge on any atom is 0.316 e. The molecule has 4 aromatic rings. The third-order valence-electron chi connectivity index (χ3n) is 3.31. The van der Waals surface area contributed by atoms with E-state index in [4.69, 9.17) is 9.05 Å². The minimum Gasteiger partial charge on any atom is -0.329 e. The van der Waals surface area contributed by atoms with Gasteiger partial charge in [0.2, 0.25) is 0 Å². The highest BCUT2D eigenvalue weighted by Gasteiger charge is 2.24. The van der Waals surface area contributed by atoms with Gasteiger partial charge in [-0.05, 0) is 12.1 Å². The molecule has 2 aromatic carbocycles. The van der Waals surface area contributed by atoms with Crippen LogP contribution < -0.4 is 0 Å². The highest BCUT2D eigenvalue weighted by Crippen LogP contribution is 2.40. The predicted octanol–water partition coefficient (Wildman–Crippen LogP) is 2.73. The fourth-order valence-corrected chi connectivity index (χ4v) is 3.20. The van der Waals surface area contributed by atoms with Gasteiger partial charge in [0.15, 0.2) is 11.0 Å². The van der Waals surface area contributed by atoms with Crippen molar-refractivity contribution >= 4 is 45.3 Å². The Bertz CT molecular complexity index is 1060. The van der Waals surface area contributed by atoms with Gasteiger partial charge in [0.05, 0.1) is 9.85 Å². The van der Waals surface area contributed by atoms with Crippen LogP contribution in [0.1, 0.15) is 0 Å². The number of nitro groups is 2. The standard InChI is InChI=1S/C12H4N6O6S/c19-17(20)5-1-3-7(9-11(5)23-15-13-9)25-8-4-2-6(18(21)22)12-10(8)14-16-24-12/h1-4H. The second-order valence-electron chi connectivity index (χ2n) is 4.68. The second-order valence-corrected chi connectivity index (χ2v) is 5.77. The number of non-ortho nitro benzene ring substituents is 2. The van der Waals surface area contributed by atoms with Gasteiger partial charge in [-0.1, -0.05) is 11.8 Å². The zero-order valence-corrected chi connectivity index (χ0v) is 12.7. The molecule has 13 heteroatoms. The van der Waals surface area contributed by atoms with Gasteiger partial charge in [0.25, 0.3) is 11.2 Å². The minimum absolute atomic E-state index is 0.0635. The highest BCUT2D eigenvalue weighted by atomic mass is 32.2. The van der Waals surface area contributed by atoms with Crippen LogP contribution in [-0.4, -0.2) is 30.6 Å². The van der Waals surface area contributed by atoms with Crippen molar-refractivity contribution in [2.45, 2.75) is 9.79 Å². The smallest absolute Gasteiger partial charge is 0.316 e. The fourth-order valence-electron chi connectivity index (χ4n) is 2.23. The topological polar surface area (TPSA) is 164 Å². The van der Waals surface area contributed by atoms with Gasteiger partial charge < -0.3 is 9.05 Å². The molecule has 2 aromatic heterocycles. The molecule has 0 N–H and O–H groups in total. The zero-order chi connectivity index (χ0) is 17.6. The molecule has 0 radical (unpaired) electrons. The summed E-state index contributed by atoms with van der Waals surface area (Å²) < 4.78 is 9.72. The number of aromatic nitrogens is 4. The molecule has 25 heavy (non-hydrogen) atoms. The van der Waals surface area contributed by atoms with E-state index in [0.717, 1.165) is 11.8 Å². The van der Waals surface area contributed by atoms with Crippen molar-refractivity contribution in [2.75, 3.05) is 0 Å². The molecule has 0 fully saturated rings. The van der Waals surface area contributed by atoms with Crippen molar-refractivity contribution in [3.63, 3.8) is 0 Å². The van der Waals surface area contributed by atoms with Crippen LogP contribution >= 0.6 is 11.8 Å². The summed E-state index contributed by atoms with van der Waals surface area (Å²) in [5, 5.41) is 36.3. The van der Waals surface area contributed by atoms with Gasteiger partial charge in [0, 0.05) is 32.5 Å². The summed E-state index contributed by atoms with van der Waals surface area (Å²) in [5.41, 5.74) is -0.259. The number of hydrogen-bond donors (Lipinski definition) is 0. The van der Waals surface area contributed by atoms with Crippen LogP contribution in [0.15, 0.2) is 43.1 Å². The molecule has 124 valence electrons. The Morgan fingerprint density at radius 1 is 0.800 bits per heavy atom. The van der Waals surface area contributed by atoms with E-state index in [2.05, 4.69) is 20.7 Å². The number of nitrogens with zero attached hydrogens (tertiary/aromatic N) is 6. The van der Waals surface area contributed by atoms with E-state index >= 15 is 0 Å². The summed E-state index contributed by atoms with van der Waals surface area (Å²) in [6.07, 6.45) is 0. The van der Waals surface area contributed by atoms with E-state index in [0.29, 0.717) is 9.79 Å².